The Morgan fingerprint density at radius 2 is 0.462 bits per heavy atom. The van der Waals surface area contributed by atoms with E-state index in [1.165, 1.54) is 0 Å². The predicted molar refractivity (Wildman–Crippen MR) is 329 cm³/mol. The van der Waals surface area contributed by atoms with E-state index in [9.17, 15) is 0 Å². The van der Waals surface area contributed by atoms with Crippen LogP contribution in [0.15, 0.2) is 292 Å². The Balaban J connectivity index is 0.000000176. The van der Waals surface area contributed by atoms with Crippen LogP contribution in [0.2, 0.25) is 0 Å². The van der Waals surface area contributed by atoms with Crippen LogP contribution < -0.4 is 37.3 Å². The van der Waals surface area contributed by atoms with Gasteiger partial charge in [0, 0.05) is 58.2 Å². The van der Waals surface area contributed by atoms with Crippen molar-refractivity contribution < 1.29 is 74.8 Å². The SMILES string of the molecule is [Fe+2].[O-][Cl+3]([O-])([O-])[O-].[O-][Cl+3]([O-])([O-])[O-].c1ccc(-c2nc(-c3ccc(-c4cc(-c5ccccn5)nc(-c5ccccn5)c4)cc3)[nH]c2-c2ccccc2)cc1.c1ccc(-c2nc(-c3ccc(-c4cc(-c5ccccn5)nc(-c5ccccn5)c4)cc3)[nH]c2-c2ccccc2)cc1. The molecule has 0 aliphatic rings. The number of nitrogens with zero attached hydrogens (tertiary/aromatic N) is 8. The van der Waals surface area contributed by atoms with Gasteiger partial charge < -0.3 is 9.97 Å². The number of imidazole rings is 2. The number of aromatic amines is 2. The van der Waals surface area contributed by atoms with Crippen LogP contribution >= 0.6 is 0 Å². The number of halogens is 2. The van der Waals surface area contributed by atoms with Crippen molar-refractivity contribution in [1.82, 2.24) is 49.8 Å². The molecule has 0 aliphatic heterocycles. The maximum atomic E-state index is 8.49. The van der Waals surface area contributed by atoms with E-state index in [4.69, 9.17) is 57.2 Å². The van der Waals surface area contributed by atoms with Crippen molar-refractivity contribution >= 4 is 0 Å². The number of hydrogen-bond donors (Lipinski definition) is 2. The second-order valence-corrected chi connectivity index (χ2v) is 21.6. The summed E-state index contributed by atoms with van der Waals surface area (Å²) in [7, 11) is -9.89. The summed E-state index contributed by atoms with van der Waals surface area (Å²) in [5.74, 6) is 1.65. The molecule has 0 unspecified atom stereocenters. The zero-order chi connectivity index (χ0) is 63.9. The van der Waals surface area contributed by atoms with Crippen molar-refractivity contribution in [3.8, 4) is 136 Å². The van der Waals surface area contributed by atoms with Gasteiger partial charge in [-0.2, -0.15) is 0 Å². The molecule has 458 valence electrons. The summed E-state index contributed by atoms with van der Waals surface area (Å²) in [5, 5.41) is 0. The van der Waals surface area contributed by atoms with Crippen molar-refractivity contribution in [1.29, 1.82) is 0 Å². The molecule has 6 aromatic carbocycles. The third-order valence-corrected chi connectivity index (χ3v) is 14.0. The van der Waals surface area contributed by atoms with E-state index in [2.05, 4.69) is 151 Å². The number of H-pyrrole nitrogens is 2. The van der Waals surface area contributed by atoms with Gasteiger partial charge in [0.15, 0.2) is 0 Å². The first-order chi connectivity index (χ1) is 44.6. The van der Waals surface area contributed by atoms with E-state index in [0.29, 0.717) is 0 Å². The van der Waals surface area contributed by atoms with Crippen molar-refractivity contribution in [2.45, 2.75) is 0 Å². The number of benzene rings is 6. The number of pyridine rings is 6. The molecule has 21 heteroatoms. The Morgan fingerprint density at radius 3 is 0.710 bits per heavy atom. The van der Waals surface area contributed by atoms with E-state index in [1.807, 2.05) is 146 Å². The number of nitrogens with one attached hydrogen (secondary N) is 2. The van der Waals surface area contributed by atoms with Crippen LogP contribution in [0.5, 0.6) is 0 Å². The van der Waals surface area contributed by atoms with Gasteiger partial charge in [-0.1, -0.05) is 194 Å². The van der Waals surface area contributed by atoms with Crippen LogP contribution in [-0.4, -0.2) is 49.8 Å². The van der Waals surface area contributed by atoms with Crippen LogP contribution in [-0.2, 0) is 17.1 Å². The van der Waals surface area contributed by atoms with Crippen LogP contribution in [0.3, 0.4) is 0 Å². The molecule has 0 amide bonds. The average Bonchev–Trinajstić information content (AvgIpc) is 1.81. The average molecular weight is 1310 g/mol. The second kappa shape index (κ2) is 30.5. The Labute approximate surface area is 548 Å². The van der Waals surface area contributed by atoms with Gasteiger partial charge in [-0.25, -0.2) is 57.2 Å². The summed E-state index contributed by atoms with van der Waals surface area (Å²) in [6.07, 6.45) is 7.15. The molecule has 0 atom stereocenters. The topological polar surface area (TPSA) is 319 Å². The quantitative estimate of drug-likeness (QED) is 0.111. The maximum Gasteiger partial charge on any atom is 2.00 e. The van der Waals surface area contributed by atoms with Gasteiger partial charge in [0.1, 0.15) is 11.6 Å². The summed E-state index contributed by atoms with van der Waals surface area (Å²) in [6, 6.07) is 90.0. The molecule has 18 nitrogen and oxygen atoms in total. The van der Waals surface area contributed by atoms with Gasteiger partial charge >= 0.3 is 17.1 Å². The van der Waals surface area contributed by atoms with Crippen LogP contribution in [0, 0.1) is 20.5 Å². The van der Waals surface area contributed by atoms with Crippen molar-refractivity contribution in [2.24, 2.45) is 0 Å². The molecule has 0 aliphatic carbocycles. The molecular formula is C72H50Cl2FeN10O8. The zero-order valence-electron chi connectivity index (χ0n) is 48.7. The van der Waals surface area contributed by atoms with E-state index < -0.39 is 20.5 Å². The van der Waals surface area contributed by atoms with Gasteiger partial charge in [0.2, 0.25) is 0 Å². The number of hydrogen-bond acceptors (Lipinski definition) is 16. The molecule has 14 aromatic rings. The monoisotopic (exact) mass is 1310 g/mol. The molecule has 0 bridgehead atoms. The Morgan fingerprint density at radius 1 is 0.226 bits per heavy atom. The largest absolute Gasteiger partial charge is 2.00 e. The van der Waals surface area contributed by atoms with Gasteiger partial charge in [-0.05, 0) is 95.1 Å². The van der Waals surface area contributed by atoms with Gasteiger partial charge in [-0.15, -0.1) is 20.5 Å². The molecule has 8 aromatic heterocycles. The normalized spacial score (nSPS) is 10.9. The third kappa shape index (κ3) is 17.9. The minimum absolute atomic E-state index is 0. The molecule has 8 heterocycles. The van der Waals surface area contributed by atoms with Gasteiger partial charge in [0.25, 0.3) is 0 Å². The first kappa shape index (κ1) is 65.4. The molecular weight excluding hydrogens is 1260 g/mol. The predicted octanol–water partition coefficient (Wildman–Crippen LogP) is 7.68. The van der Waals surface area contributed by atoms with Gasteiger partial charge in [0.05, 0.1) is 68.3 Å². The molecule has 0 fully saturated rings. The van der Waals surface area contributed by atoms with E-state index >= 15 is 0 Å². The van der Waals surface area contributed by atoms with Crippen LogP contribution in [0.1, 0.15) is 0 Å². The van der Waals surface area contributed by atoms with E-state index in [-0.39, 0.29) is 17.1 Å². The fraction of sp³-hybridized carbons (Fsp3) is 0. The zero-order valence-corrected chi connectivity index (χ0v) is 51.3. The first-order valence-corrected chi connectivity index (χ1v) is 30.7. The Hall–Kier alpha value is -10.6. The summed E-state index contributed by atoms with van der Waals surface area (Å²) in [4.78, 5) is 45.2. The molecule has 93 heavy (non-hydrogen) atoms. The summed E-state index contributed by atoms with van der Waals surface area (Å²) in [5.41, 5.74) is 21.0. The molecule has 0 saturated carbocycles. The first-order valence-electron chi connectivity index (χ1n) is 28.2. The molecule has 0 saturated heterocycles. The smallest absolute Gasteiger partial charge is 0.337 e. The maximum absolute atomic E-state index is 8.49. The van der Waals surface area contributed by atoms with Crippen molar-refractivity contribution in [3.05, 3.63) is 292 Å². The fourth-order valence-electron chi connectivity index (χ4n) is 9.87. The summed E-state index contributed by atoms with van der Waals surface area (Å²) < 4.78 is 67.9. The molecule has 14 rings (SSSR count). The van der Waals surface area contributed by atoms with Crippen molar-refractivity contribution in [2.75, 3.05) is 0 Å². The van der Waals surface area contributed by atoms with Crippen LogP contribution in [0.25, 0.3) is 136 Å². The Kier molecular flexibility index (Phi) is 21.4. The minimum atomic E-state index is -4.94. The van der Waals surface area contributed by atoms with E-state index in [1.54, 1.807) is 24.8 Å². The Bertz CT molecular complexity index is 4100. The van der Waals surface area contributed by atoms with E-state index in [0.717, 1.165) is 136 Å². The van der Waals surface area contributed by atoms with Crippen molar-refractivity contribution in [3.63, 3.8) is 0 Å². The summed E-state index contributed by atoms with van der Waals surface area (Å²) in [6.45, 7) is 0. The fourth-order valence-corrected chi connectivity index (χ4v) is 9.87. The minimum Gasteiger partial charge on any atom is -0.337 e. The summed E-state index contributed by atoms with van der Waals surface area (Å²) >= 11 is 0. The van der Waals surface area contributed by atoms with Crippen LogP contribution in [0.4, 0.5) is 0 Å². The standard InChI is InChI=1S/2C36H25N5.2ClHO4.Fe/c2*1-3-11-26(12-4-1)34-35(27-13-5-2-6-14-27)41-36(40-34)28-19-17-25(18-20-28)29-23-32(30-15-7-9-21-37-30)39-33(24-29)31-16-8-10-22-38-31;2*2-1(3,4)5;/h2*1-24H,(H,40,41);2*(H,2,3,4,5);/q;;;;+2/p-2. The molecule has 0 radical (unpaired) electrons. The molecule has 2 N–H and O–H groups in total. The second-order valence-electron chi connectivity index (χ2n) is 20.1. The van der Waals surface area contributed by atoms with Gasteiger partial charge in [-0.3, -0.25) is 19.9 Å². The number of aromatic nitrogens is 10. The molecule has 0 spiro atoms. The third-order valence-electron chi connectivity index (χ3n) is 14.0. The number of rotatable bonds is 12.